The molecule has 0 saturated carbocycles. The van der Waals surface area contributed by atoms with E-state index < -0.39 is 0 Å². The Labute approximate surface area is 136 Å². The van der Waals surface area contributed by atoms with Crippen molar-refractivity contribution in [2.45, 2.75) is 25.7 Å². The molecule has 1 aromatic heterocycles. The number of amides is 1. The van der Waals surface area contributed by atoms with E-state index in [-0.39, 0.29) is 18.3 Å². The van der Waals surface area contributed by atoms with Crippen molar-refractivity contribution in [3.63, 3.8) is 0 Å². The van der Waals surface area contributed by atoms with Crippen LogP contribution in [-0.4, -0.2) is 10.9 Å². The van der Waals surface area contributed by atoms with Crippen molar-refractivity contribution in [3.05, 3.63) is 44.9 Å². The van der Waals surface area contributed by atoms with Gasteiger partial charge in [-0.1, -0.05) is 22.0 Å². The molecule has 3 rings (SSSR count). The first kappa shape index (κ1) is 15.5. The molecule has 106 valence electrons. The van der Waals surface area contributed by atoms with Crippen LogP contribution in [0.2, 0.25) is 0 Å². The van der Waals surface area contributed by atoms with Gasteiger partial charge in [-0.05, 0) is 43.9 Å². The topological polar surface area (TPSA) is 42.0 Å². The molecule has 0 bridgehead atoms. The summed E-state index contributed by atoms with van der Waals surface area (Å²) < 4.78 is 0.901. The number of halogens is 2. The molecular weight excluding hydrogens is 360 g/mol. The van der Waals surface area contributed by atoms with Gasteiger partial charge in [0, 0.05) is 14.9 Å². The average Bonchev–Trinajstić information content (AvgIpc) is 2.80. The first-order valence-corrected chi connectivity index (χ1v) is 7.89. The number of benzene rings is 1. The van der Waals surface area contributed by atoms with Crippen LogP contribution in [0, 0.1) is 0 Å². The van der Waals surface area contributed by atoms with Gasteiger partial charge in [-0.3, -0.25) is 10.1 Å². The number of aryl methyl sites for hydroxylation is 2. The highest BCUT2D eigenvalue weighted by molar-refractivity contribution is 9.10. The van der Waals surface area contributed by atoms with Crippen molar-refractivity contribution in [3.8, 4) is 0 Å². The molecule has 1 aliphatic rings. The standard InChI is InChI=1S/C14H13BrN2OS.ClH/c15-10-5-3-4-9(8-10)13(18)17-14-16-11-6-1-2-7-12(11)19-14;/h3-5,8H,1-2,6-7H2,(H,16,17,18);1H. The number of fused-ring (bicyclic) bond motifs is 1. The summed E-state index contributed by atoms with van der Waals surface area (Å²) in [5.74, 6) is -0.104. The van der Waals surface area contributed by atoms with Gasteiger partial charge < -0.3 is 0 Å². The van der Waals surface area contributed by atoms with Gasteiger partial charge in [0.05, 0.1) is 5.69 Å². The molecule has 0 fully saturated rings. The Balaban J connectivity index is 0.00000147. The highest BCUT2D eigenvalue weighted by Gasteiger charge is 2.16. The van der Waals surface area contributed by atoms with E-state index in [1.54, 1.807) is 17.4 Å². The Morgan fingerprint density at radius 1 is 1.30 bits per heavy atom. The molecule has 2 aromatic rings. The molecule has 1 aromatic carbocycles. The van der Waals surface area contributed by atoms with E-state index >= 15 is 0 Å². The molecule has 0 saturated heterocycles. The largest absolute Gasteiger partial charge is 0.298 e. The molecule has 0 atom stereocenters. The maximum atomic E-state index is 12.1. The smallest absolute Gasteiger partial charge is 0.257 e. The highest BCUT2D eigenvalue weighted by atomic mass is 79.9. The predicted octanol–water partition coefficient (Wildman–Crippen LogP) is 4.46. The predicted molar refractivity (Wildman–Crippen MR) is 88.1 cm³/mol. The summed E-state index contributed by atoms with van der Waals surface area (Å²) in [5, 5.41) is 3.61. The molecule has 0 radical (unpaired) electrons. The number of carbonyl (C=O) groups is 1. The van der Waals surface area contributed by atoms with Crippen LogP contribution < -0.4 is 5.32 Å². The maximum Gasteiger partial charge on any atom is 0.257 e. The van der Waals surface area contributed by atoms with Gasteiger partial charge in [-0.2, -0.15) is 0 Å². The Bertz CT molecular complexity index is 606. The third-order valence-corrected chi connectivity index (χ3v) is 4.72. The summed E-state index contributed by atoms with van der Waals surface area (Å²) >= 11 is 4.98. The number of hydrogen-bond donors (Lipinski definition) is 1. The van der Waals surface area contributed by atoms with E-state index in [0.29, 0.717) is 5.56 Å². The van der Waals surface area contributed by atoms with Crippen LogP contribution in [0.5, 0.6) is 0 Å². The number of hydrogen-bond acceptors (Lipinski definition) is 3. The molecule has 0 aliphatic heterocycles. The normalized spacial score (nSPS) is 13.2. The second kappa shape index (κ2) is 6.70. The summed E-state index contributed by atoms with van der Waals surface area (Å²) in [4.78, 5) is 18.0. The fourth-order valence-corrected chi connectivity index (χ4v) is 3.65. The van der Waals surface area contributed by atoms with Gasteiger partial charge in [-0.15, -0.1) is 23.7 Å². The van der Waals surface area contributed by atoms with E-state index in [0.717, 1.165) is 22.4 Å². The number of thiazole rings is 1. The van der Waals surface area contributed by atoms with Gasteiger partial charge in [0.2, 0.25) is 0 Å². The summed E-state index contributed by atoms with van der Waals surface area (Å²) in [6.07, 6.45) is 4.57. The van der Waals surface area contributed by atoms with Crippen LogP contribution in [0.4, 0.5) is 5.13 Å². The lowest BCUT2D eigenvalue weighted by Gasteiger charge is -2.06. The zero-order valence-corrected chi connectivity index (χ0v) is 13.9. The molecule has 1 heterocycles. The molecule has 3 nitrogen and oxygen atoms in total. The molecular formula is C14H14BrClN2OS. The highest BCUT2D eigenvalue weighted by Crippen LogP contribution is 2.29. The molecule has 1 N–H and O–H groups in total. The third kappa shape index (κ3) is 3.40. The van der Waals surface area contributed by atoms with Crippen molar-refractivity contribution in [2.24, 2.45) is 0 Å². The average molecular weight is 374 g/mol. The number of rotatable bonds is 2. The van der Waals surface area contributed by atoms with Crippen molar-refractivity contribution in [2.75, 3.05) is 5.32 Å². The number of nitrogens with one attached hydrogen (secondary N) is 1. The zero-order valence-electron chi connectivity index (χ0n) is 10.7. The molecule has 6 heteroatoms. The number of carbonyl (C=O) groups excluding carboxylic acids is 1. The lowest BCUT2D eigenvalue weighted by atomic mass is 10.0. The summed E-state index contributed by atoms with van der Waals surface area (Å²) in [6.45, 7) is 0. The third-order valence-electron chi connectivity index (χ3n) is 3.15. The van der Waals surface area contributed by atoms with Crippen LogP contribution in [0.3, 0.4) is 0 Å². The van der Waals surface area contributed by atoms with Crippen molar-refractivity contribution in [1.29, 1.82) is 0 Å². The fourth-order valence-electron chi connectivity index (χ4n) is 2.20. The van der Waals surface area contributed by atoms with Crippen LogP contribution >= 0.6 is 39.7 Å². The fraction of sp³-hybridized carbons (Fsp3) is 0.286. The summed E-state index contributed by atoms with van der Waals surface area (Å²) in [6, 6.07) is 7.36. The monoisotopic (exact) mass is 372 g/mol. The Hall–Kier alpha value is -0.910. The van der Waals surface area contributed by atoms with Crippen molar-refractivity contribution in [1.82, 2.24) is 4.98 Å². The summed E-state index contributed by atoms with van der Waals surface area (Å²) in [5.41, 5.74) is 1.81. The second-order valence-corrected chi connectivity index (χ2v) is 6.56. The van der Waals surface area contributed by atoms with Crippen LogP contribution in [0.15, 0.2) is 28.7 Å². The van der Waals surface area contributed by atoms with Gasteiger partial charge in [0.15, 0.2) is 5.13 Å². The summed E-state index contributed by atoms with van der Waals surface area (Å²) in [7, 11) is 0. The first-order chi connectivity index (χ1) is 9.22. The van der Waals surface area contributed by atoms with Gasteiger partial charge in [-0.25, -0.2) is 4.98 Å². The Kier molecular flexibility index (Phi) is 5.18. The Morgan fingerprint density at radius 2 is 2.10 bits per heavy atom. The van der Waals surface area contributed by atoms with E-state index in [4.69, 9.17) is 0 Å². The molecule has 0 spiro atoms. The molecule has 0 unspecified atom stereocenters. The SMILES string of the molecule is Cl.O=C(Nc1nc2c(s1)CCCC2)c1cccc(Br)c1. The zero-order chi connectivity index (χ0) is 13.2. The quantitative estimate of drug-likeness (QED) is 0.844. The lowest BCUT2D eigenvalue weighted by Crippen LogP contribution is -2.11. The number of anilines is 1. The molecule has 1 aliphatic carbocycles. The van der Waals surface area contributed by atoms with Crippen LogP contribution in [0.1, 0.15) is 33.8 Å². The van der Waals surface area contributed by atoms with Crippen LogP contribution in [-0.2, 0) is 12.8 Å². The van der Waals surface area contributed by atoms with Crippen molar-refractivity contribution < 1.29 is 4.79 Å². The second-order valence-electron chi connectivity index (χ2n) is 4.56. The first-order valence-electron chi connectivity index (χ1n) is 6.28. The number of aromatic nitrogens is 1. The van der Waals surface area contributed by atoms with E-state index in [9.17, 15) is 4.79 Å². The minimum atomic E-state index is -0.104. The van der Waals surface area contributed by atoms with E-state index in [2.05, 4.69) is 26.2 Å². The van der Waals surface area contributed by atoms with Gasteiger partial charge >= 0.3 is 0 Å². The van der Waals surface area contributed by atoms with Crippen molar-refractivity contribution >= 4 is 50.7 Å². The van der Waals surface area contributed by atoms with Gasteiger partial charge in [0.1, 0.15) is 0 Å². The maximum absolute atomic E-state index is 12.1. The lowest BCUT2D eigenvalue weighted by molar-refractivity contribution is 0.102. The molecule has 20 heavy (non-hydrogen) atoms. The van der Waals surface area contributed by atoms with E-state index in [1.807, 2.05) is 18.2 Å². The Morgan fingerprint density at radius 3 is 2.85 bits per heavy atom. The van der Waals surface area contributed by atoms with Crippen LogP contribution in [0.25, 0.3) is 0 Å². The minimum Gasteiger partial charge on any atom is -0.298 e. The van der Waals surface area contributed by atoms with Gasteiger partial charge in [0.25, 0.3) is 5.91 Å². The molecule has 1 amide bonds. The van der Waals surface area contributed by atoms with E-state index in [1.165, 1.54) is 23.4 Å². The number of nitrogens with zero attached hydrogens (tertiary/aromatic N) is 1. The minimum absolute atomic E-state index is 0.